The fraction of sp³-hybridized carbons (Fsp3) is 0.156. The molecular formula is C32H26FN3O3. The molecule has 0 spiro atoms. The largest absolute Gasteiger partial charge is 0.449 e. The number of nitrogens with zero attached hydrogens (tertiary/aromatic N) is 2. The highest BCUT2D eigenvalue weighted by Crippen LogP contribution is 2.44. The van der Waals surface area contributed by atoms with Gasteiger partial charge in [-0.3, -0.25) is 9.36 Å². The summed E-state index contributed by atoms with van der Waals surface area (Å²) in [5.41, 5.74) is 4.76. The minimum absolute atomic E-state index is 0.0764. The lowest BCUT2D eigenvalue weighted by Gasteiger charge is -2.22. The van der Waals surface area contributed by atoms with Crippen molar-refractivity contribution < 1.29 is 13.9 Å². The molecule has 0 unspecified atom stereocenters. The number of amides is 1. The number of halogens is 1. The van der Waals surface area contributed by atoms with E-state index < -0.39 is 23.5 Å². The van der Waals surface area contributed by atoms with Crippen molar-refractivity contribution in [3.8, 4) is 16.8 Å². The molecule has 1 heterocycles. The monoisotopic (exact) mass is 519 g/mol. The third kappa shape index (κ3) is 4.36. The predicted molar refractivity (Wildman–Crippen MR) is 149 cm³/mol. The van der Waals surface area contributed by atoms with Gasteiger partial charge < -0.3 is 10.1 Å². The standard InChI is InChI=1S/C32H26FN3O3/c1-2-27(30-34-28-18-10-17-26(33)29(28)31(37)36(30)20-11-4-3-5-12-20)35-32(38)39-19-25-23-15-8-6-13-21(23)22-14-7-9-16-24(22)25/h3-18,25,27H,2,19H2,1H3,(H,35,38)/t27-/m0/s1. The van der Waals surface area contributed by atoms with Gasteiger partial charge in [-0.05, 0) is 52.9 Å². The number of fused-ring (bicyclic) bond motifs is 4. The van der Waals surface area contributed by atoms with E-state index in [0.29, 0.717) is 17.9 Å². The van der Waals surface area contributed by atoms with Gasteiger partial charge >= 0.3 is 6.09 Å². The molecule has 1 atom stereocenters. The maximum atomic E-state index is 14.7. The van der Waals surface area contributed by atoms with Gasteiger partial charge in [0.1, 0.15) is 23.6 Å². The molecule has 1 aromatic heterocycles. The van der Waals surface area contributed by atoms with Crippen LogP contribution in [0.5, 0.6) is 0 Å². The fourth-order valence-electron chi connectivity index (χ4n) is 5.40. The van der Waals surface area contributed by atoms with Gasteiger partial charge in [0.15, 0.2) is 0 Å². The SMILES string of the molecule is CC[C@H](NC(=O)OCC1c2ccccc2-c2ccccc21)c1nc2cccc(F)c2c(=O)n1-c1ccccc1. The van der Waals surface area contributed by atoms with Crippen molar-refractivity contribution in [1.82, 2.24) is 14.9 Å². The van der Waals surface area contributed by atoms with Crippen molar-refractivity contribution in [3.05, 3.63) is 130 Å². The van der Waals surface area contributed by atoms with Crippen LogP contribution in [0.4, 0.5) is 9.18 Å². The Kier molecular flexibility index (Phi) is 6.40. The highest BCUT2D eigenvalue weighted by Gasteiger charge is 2.30. The van der Waals surface area contributed by atoms with Crippen LogP contribution < -0.4 is 10.9 Å². The quantitative estimate of drug-likeness (QED) is 0.277. The molecule has 39 heavy (non-hydrogen) atoms. The maximum absolute atomic E-state index is 14.7. The molecular weight excluding hydrogens is 493 g/mol. The number of ether oxygens (including phenoxy) is 1. The Morgan fingerprint density at radius 3 is 2.23 bits per heavy atom. The smallest absolute Gasteiger partial charge is 0.407 e. The number of nitrogens with one attached hydrogen (secondary N) is 1. The Hall–Kier alpha value is -4.78. The molecule has 0 radical (unpaired) electrons. The summed E-state index contributed by atoms with van der Waals surface area (Å²) in [6.07, 6.45) is -0.179. The lowest BCUT2D eigenvalue weighted by molar-refractivity contribution is 0.138. The van der Waals surface area contributed by atoms with Gasteiger partial charge in [-0.1, -0.05) is 79.7 Å². The molecule has 1 aliphatic carbocycles. The number of aromatic nitrogens is 2. The lowest BCUT2D eigenvalue weighted by Crippen LogP contribution is -2.35. The van der Waals surface area contributed by atoms with E-state index in [1.54, 1.807) is 30.3 Å². The van der Waals surface area contributed by atoms with Crippen molar-refractivity contribution in [2.75, 3.05) is 6.61 Å². The van der Waals surface area contributed by atoms with E-state index in [-0.39, 0.29) is 23.4 Å². The van der Waals surface area contributed by atoms with Crippen LogP contribution in [0.2, 0.25) is 0 Å². The van der Waals surface area contributed by atoms with Gasteiger partial charge in [0.05, 0.1) is 17.2 Å². The lowest BCUT2D eigenvalue weighted by atomic mass is 9.98. The fourth-order valence-corrected chi connectivity index (χ4v) is 5.40. The molecule has 0 saturated heterocycles. The first-order chi connectivity index (χ1) is 19.1. The summed E-state index contributed by atoms with van der Waals surface area (Å²) in [4.78, 5) is 31.3. The molecule has 6 nitrogen and oxygen atoms in total. The van der Waals surface area contributed by atoms with Gasteiger partial charge in [-0.15, -0.1) is 0 Å². The second kappa shape index (κ2) is 10.2. The molecule has 0 aliphatic heterocycles. The molecule has 4 aromatic carbocycles. The summed E-state index contributed by atoms with van der Waals surface area (Å²) in [5, 5.41) is 2.80. The zero-order chi connectivity index (χ0) is 26.9. The van der Waals surface area contributed by atoms with Crippen LogP contribution in [-0.4, -0.2) is 22.3 Å². The number of para-hydroxylation sites is 1. The third-order valence-electron chi connectivity index (χ3n) is 7.24. The van der Waals surface area contributed by atoms with E-state index in [0.717, 1.165) is 22.3 Å². The molecule has 194 valence electrons. The summed E-state index contributed by atoms with van der Waals surface area (Å²) < 4.78 is 21.8. The molecule has 0 saturated carbocycles. The van der Waals surface area contributed by atoms with E-state index >= 15 is 0 Å². The van der Waals surface area contributed by atoms with E-state index in [4.69, 9.17) is 4.74 Å². The first kappa shape index (κ1) is 24.6. The summed E-state index contributed by atoms with van der Waals surface area (Å²) in [6, 6.07) is 28.9. The molecule has 5 aromatic rings. The van der Waals surface area contributed by atoms with Crippen molar-refractivity contribution in [2.45, 2.75) is 25.3 Å². The summed E-state index contributed by atoms with van der Waals surface area (Å²) >= 11 is 0. The summed E-state index contributed by atoms with van der Waals surface area (Å²) in [7, 11) is 0. The first-order valence-electron chi connectivity index (χ1n) is 12.9. The molecule has 1 aliphatic rings. The van der Waals surface area contributed by atoms with Gasteiger partial charge in [0.2, 0.25) is 0 Å². The number of rotatable bonds is 6. The highest BCUT2D eigenvalue weighted by molar-refractivity contribution is 5.80. The molecule has 0 bridgehead atoms. The van der Waals surface area contributed by atoms with E-state index in [9.17, 15) is 14.0 Å². The number of alkyl carbamates (subject to hydrolysis) is 1. The number of carbonyl (C=O) groups excluding carboxylic acids is 1. The maximum Gasteiger partial charge on any atom is 0.407 e. The number of carbonyl (C=O) groups is 1. The van der Waals surface area contributed by atoms with Crippen LogP contribution in [0.15, 0.2) is 102 Å². The highest BCUT2D eigenvalue weighted by atomic mass is 19.1. The van der Waals surface area contributed by atoms with Crippen LogP contribution in [-0.2, 0) is 4.74 Å². The van der Waals surface area contributed by atoms with Crippen LogP contribution in [0.1, 0.15) is 42.3 Å². The van der Waals surface area contributed by atoms with Gasteiger partial charge in [-0.25, -0.2) is 14.2 Å². The molecule has 1 amide bonds. The van der Waals surface area contributed by atoms with E-state index in [1.807, 2.05) is 37.3 Å². The number of hydrogen-bond donors (Lipinski definition) is 1. The third-order valence-corrected chi connectivity index (χ3v) is 7.24. The van der Waals surface area contributed by atoms with Crippen LogP contribution in [0.3, 0.4) is 0 Å². The van der Waals surface area contributed by atoms with Crippen molar-refractivity contribution in [1.29, 1.82) is 0 Å². The van der Waals surface area contributed by atoms with Gasteiger partial charge in [0.25, 0.3) is 5.56 Å². The molecule has 1 N–H and O–H groups in total. The van der Waals surface area contributed by atoms with E-state index in [2.05, 4.69) is 34.6 Å². The van der Waals surface area contributed by atoms with Crippen LogP contribution >= 0.6 is 0 Å². The van der Waals surface area contributed by atoms with Crippen molar-refractivity contribution >= 4 is 17.0 Å². The number of hydrogen-bond acceptors (Lipinski definition) is 4. The number of benzene rings is 4. The zero-order valence-corrected chi connectivity index (χ0v) is 21.3. The van der Waals surface area contributed by atoms with Crippen LogP contribution in [0.25, 0.3) is 27.7 Å². The molecule has 6 rings (SSSR count). The predicted octanol–water partition coefficient (Wildman–Crippen LogP) is 6.51. The summed E-state index contributed by atoms with van der Waals surface area (Å²) in [6.45, 7) is 2.05. The Morgan fingerprint density at radius 2 is 1.56 bits per heavy atom. The first-order valence-corrected chi connectivity index (χ1v) is 12.9. The summed E-state index contributed by atoms with van der Waals surface area (Å²) in [5.74, 6) is -0.411. The van der Waals surface area contributed by atoms with Crippen LogP contribution in [0, 0.1) is 5.82 Å². The second-order valence-electron chi connectivity index (χ2n) is 9.51. The Morgan fingerprint density at radius 1 is 0.923 bits per heavy atom. The van der Waals surface area contributed by atoms with E-state index in [1.165, 1.54) is 16.7 Å². The molecule has 0 fully saturated rings. The minimum Gasteiger partial charge on any atom is -0.449 e. The van der Waals surface area contributed by atoms with Crippen molar-refractivity contribution in [2.24, 2.45) is 0 Å². The zero-order valence-electron chi connectivity index (χ0n) is 21.3. The van der Waals surface area contributed by atoms with Crippen molar-refractivity contribution in [3.63, 3.8) is 0 Å². The minimum atomic E-state index is -0.652. The topological polar surface area (TPSA) is 73.2 Å². The average Bonchev–Trinajstić information content (AvgIpc) is 3.28. The average molecular weight is 520 g/mol. The normalized spacial score (nSPS) is 13.1. The Balaban J connectivity index is 1.31. The molecule has 7 heteroatoms. The van der Waals surface area contributed by atoms with Gasteiger partial charge in [-0.2, -0.15) is 0 Å². The second-order valence-corrected chi connectivity index (χ2v) is 9.51. The Labute approximate surface area is 224 Å². The Bertz CT molecular complexity index is 1700. The van der Waals surface area contributed by atoms with Gasteiger partial charge in [0, 0.05) is 5.92 Å².